The number of rotatable bonds is 3. The summed E-state index contributed by atoms with van der Waals surface area (Å²) in [6.45, 7) is 1.19. The summed E-state index contributed by atoms with van der Waals surface area (Å²) in [7, 11) is 4.01. The third kappa shape index (κ3) is 3.24. The van der Waals surface area contributed by atoms with Crippen LogP contribution in [0.1, 0.15) is 18.4 Å². The van der Waals surface area contributed by atoms with Crippen LogP contribution in [0.15, 0.2) is 17.3 Å². The van der Waals surface area contributed by atoms with Crippen molar-refractivity contribution in [2.24, 2.45) is 10.9 Å². The van der Waals surface area contributed by atoms with Crippen molar-refractivity contribution in [3.8, 4) is 0 Å². The summed E-state index contributed by atoms with van der Waals surface area (Å²) in [6, 6.07) is 2.61. The summed E-state index contributed by atoms with van der Waals surface area (Å²) in [5.41, 5.74) is 5.35. The second kappa shape index (κ2) is 6.26. The van der Waals surface area contributed by atoms with E-state index in [1.54, 1.807) is 4.90 Å². The summed E-state index contributed by atoms with van der Waals surface area (Å²) in [4.78, 5) is 3.84. The first-order valence-corrected chi connectivity index (χ1v) is 6.82. The molecule has 0 spiro atoms. The molecular formula is C14H20F2N4O. The molecule has 0 aromatic heterocycles. The van der Waals surface area contributed by atoms with Gasteiger partial charge >= 0.3 is 0 Å². The molecule has 1 aliphatic rings. The molecule has 0 saturated carbocycles. The van der Waals surface area contributed by atoms with Gasteiger partial charge < -0.3 is 20.7 Å². The summed E-state index contributed by atoms with van der Waals surface area (Å²) < 4.78 is 28.3. The molecule has 116 valence electrons. The Morgan fingerprint density at radius 2 is 1.81 bits per heavy atom. The van der Waals surface area contributed by atoms with Crippen molar-refractivity contribution < 1.29 is 14.0 Å². The first-order chi connectivity index (χ1) is 9.93. The number of halogens is 2. The van der Waals surface area contributed by atoms with E-state index in [0.29, 0.717) is 19.1 Å². The Morgan fingerprint density at radius 1 is 1.29 bits per heavy atom. The van der Waals surface area contributed by atoms with Crippen LogP contribution in [0.5, 0.6) is 0 Å². The average Bonchev–Trinajstić information content (AvgIpc) is 2.46. The maximum atomic E-state index is 14.2. The van der Waals surface area contributed by atoms with Crippen LogP contribution in [0.4, 0.5) is 14.5 Å². The van der Waals surface area contributed by atoms with E-state index in [1.165, 1.54) is 0 Å². The van der Waals surface area contributed by atoms with Crippen molar-refractivity contribution >= 4 is 11.5 Å². The number of nitrogens with two attached hydrogens (primary N) is 1. The third-order valence-corrected chi connectivity index (χ3v) is 3.93. The maximum absolute atomic E-state index is 14.2. The Kier molecular flexibility index (Phi) is 4.62. The second-order valence-electron chi connectivity index (χ2n) is 5.46. The van der Waals surface area contributed by atoms with Crippen LogP contribution in [0.25, 0.3) is 0 Å². The molecule has 1 fully saturated rings. The fourth-order valence-corrected chi connectivity index (χ4v) is 2.68. The number of oxime groups is 1. The molecular weight excluding hydrogens is 278 g/mol. The molecule has 21 heavy (non-hydrogen) atoms. The Morgan fingerprint density at radius 3 is 2.24 bits per heavy atom. The number of benzene rings is 1. The summed E-state index contributed by atoms with van der Waals surface area (Å²) >= 11 is 0. The monoisotopic (exact) mass is 298 g/mol. The average molecular weight is 298 g/mol. The van der Waals surface area contributed by atoms with Gasteiger partial charge in [0.15, 0.2) is 5.84 Å². The molecule has 7 heteroatoms. The van der Waals surface area contributed by atoms with E-state index in [1.807, 2.05) is 14.1 Å². The number of hydrogen-bond acceptors (Lipinski definition) is 4. The van der Waals surface area contributed by atoms with Gasteiger partial charge in [-0.1, -0.05) is 5.16 Å². The fourth-order valence-electron chi connectivity index (χ4n) is 2.68. The van der Waals surface area contributed by atoms with E-state index in [0.717, 1.165) is 25.0 Å². The predicted octanol–water partition coefficient (Wildman–Crippen LogP) is 1.59. The van der Waals surface area contributed by atoms with Gasteiger partial charge in [-0.15, -0.1) is 0 Å². The molecule has 0 radical (unpaired) electrons. The van der Waals surface area contributed by atoms with Gasteiger partial charge in [0, 0.05) is 24.7 Å². The SMILES string of the molecule is CN(C)C1CCN(c2c(F)cc(C(N)=NO)cc2F)CC1. The van der Waals surface area contributed by atoms with Crippen molar-refractivity contribution in [3.63, 3.8) is 0 Å². The predicted molar refractivity (Wildman–Crippen MR) is 77.8 cm³/mol. The van der Waals surface area contributed by atoms with Crippen molar-refractivity contribution in [1.82, 2.24) is 4.90 Å². The minimum Gasteiger partial charge on any atom is -0.409 e. The number of amidine groups is 1. The number of hydrogen-bond donors (Lipinski definition) is 2. The van der Waals surface area contributed by atoms with E-state index < -0.39 is 11.6 Å². The van der Waals surface area contributed by atoms with E-state index >= 15 is 0 Å². The standard InChI is InChI=1S/C14H20F2N4O/c1-19(2)10-3-5-20(6-4-10)13-11(15)7-9(8-12(13)16)14(17)18-21/h7-8,10,21H,3-6H2,1-2H3,(H2,17,18). The third-order valence-electron chi connectivity index (χ3n) is 3.93. The lowest BCUT2D eigenvalue weighted by Gasteiger charge is -2.36. The molecule has 1 heterocycles. The molecule has 0 aliphatic carbocycles. The van der Waals surface area contributed by atoms with Crippen LogP contribution in [-0.2, 0) is 0 Å². The minimum absolute atomic E-state index is 0.0272. The van der Waals surface area contributed by atoms with Gasteiger partial charge in [0.05, 0.1) is 0 Å². The minimum atomic E-state index is -0.695. The van der Waals surface area contributed by atoms with Gasteiger partial charge in [-0.25, -0.2) is 8.78 Å². The number of anilines is 1. The Bertz CT molecular complexity index is 517. The van der Waals surface area contributed by atoms with Crippen LogP contribution in [0.2, 0.25) is 0 Å². The van der Waals surface area contributed by atoms with Crippen molar-refractivity contribution in [1.29, 1.82) is 0 Å². The first-order valence-electron chi connectivity index (χ1n) is 6.82. The molecule has 1 saturated heterocycles. The van der Waals surface area contributed by atoms with Gasteiger partial charge in [0.1, 0.15) is 17.3 Å². The molecule has 5 nitrogen and oxygen atoms in total. The van der Waals surface area contributed by atoms with Crippen molar-refractivity contribution in [2.45, 2.75) is 18.9 Å². The van der Waals surface area contributed by atoms with E-state index in [9.17, 15) is 8.78 Å². The Labute approximate surface area is 122 Å². The van der Waals surface area contributed by atoms with Crippen LogP contribution >= 0.6 is 0 Å². The first kappa shape index (κ1) is 15.5. The van der Waals surface area contributed by atoms with Gasteiger partial charge in [-0.05, 0) is 39.1 Å². The largest absolute Gasteiger partial charge is 0.409 e. The molecule has 3 N–H and O–H groups in total. The van der Waals surface area contributed by atoms with Crippen LogP contribution in [-0.4, -0.2) is 49.2 Å². The fraction of sp³-hybridized carbons (Fsp3) is 0.500. The molecule has 0 atom stereocenters. The maximum Gasteiger partial charge on any atom is 0.170 e. The highest BCUT2D eigenvalue weighted by Crippen LogP contribution is 2.28. The Hall–Kier alpha value is -1.89. The zero-order valence-corrected chi connectivity index (χ0v) is 12.2. The number of piperidine rings is 1. The van der Waals surface area contributed by atoms with E-state index in [2.05, 4.69) is 10.1 Å². The smallest absolute Gasteiger partial charge is 0.170 e. The van der Waals surface area contributed by atoms with Crippen LogP contribution in [0.3, 0.4) is 0 Å². The molecule has 0 unspecified atom stereocenters. The normalized spacial score (nSPS) is 17.6. The highest BCUT2D eigenvalue weighted by Gasteiger charge is 2.25. The highest BCUT2D eigenvalue weighted by atomic mass is 19.1. The summed E-state index contributed by atoms with van der Waals surface area (Å²) in [5, 5.41) is 11.3. The summed E-state index contributed by atoms with van der Waals surface area (Å²) in [6.07, 6.45) is 1.71. The van der Waals surface area contributed by atoms with Gasteiger partial charge in [0.25, 0.3) is 0 Å². The molecule has 2 rings (SSSR count). The topological polar surface area (TPSA) is 65.1 Å². The number of nitrogens with zero attached hydrogens (tertiary/aromatic N) is 3. The van der Waals surface area contributed by atoms with Crippen LogP contribution < -0.4 is 10.6 Å². The lowest BCUT2D eigenvalue weighted by molar-refractivity contribution is 0.249. The quantitative estimate of drug-likeness (QED) is 0.385. The van der Waals surface area contributed by atoms with E-state index in [4.69, 9.17) is 10.9 Å². The highest BCUT2D eigenvalue weighted by molar-refractivity contribution is 5.97. The van der Waals surface area contributed by atoms with Gasteiger partial charge in [-0.2, -0.15) is 0 Å². The lowest BCUT2D eigenvalue weighted by atomic mass is 10.0. The van der Waals surface area contributed by atoms with Gasteiger partial charge in [-0.3, -0.25) is 0 Å². The molecule has 1 aromatic carbocycles. The summed E-state index contributed by atoms with van der Waals surface area (Å²) in [5.74, 6) is -1.70. The van der Waals surface area contributed by atoms with Gasteiger partial charge in [0.2, 0.25) is 0 Å². The van der Waals surface area contributed by atoms with E-state index in [-0.39, 0.29) is 17.1 Å². The molecule has 1 aromatic rings. The molecule has 1 aliphatic heterocycles. The molecule has 0 amide bonds. The zero-order chi connectivity index (χ0) is 15.6. The Balaban J connectivity index is 2.22. The van der Waals surface area contributed by atoms with Crippen molar-refractivity contribution in [2.75, 3.05) is 32.1 Å². The van der Waals surface area contributed by atoms with Crippen molar-refractivity contribution in [3.05, 3.63) is 29.3 Å². The second-order valence-corrected chi connectivity index (χ2v) is 5.46. The van der Waals surface area contributed by atoms with Crippen LogP contribution in [0, 0.1) is 11.6 Å². The zero-order valence-electron chi connectivity index (χ0n) is 12.2. The molecule has 0 bridgehead atoms. The lowest BCUT2D eigenvalue weighted by Crippen LogP contribution is -2.42.